The van der Waals surface area contributed by atoms with E-state index in [1.165, 1.54) is 4.90 Å². The van der Waals surface area contributed by atoms with Crippen molar-refractivity contribution in [2.75, 3.05) is 6.54 Å². The Hall–Kier alpha value is -1.75. The third kappa shape index (κ3) is 3.17. The van der Waals surface area contributed by atoms with Crippen LogP contribution in [0.2, 0.25) is 5.02 Å². The summed E-state index contributed by atoms with van der Waals surface area (Å²) < 4.78 is 0. The molecule has 5 nitrogen and oxygen atoms in total. The number of nitrogens with one attached hydrogen (secondary N) is 1. The van der Waals surface area contributed by atoms with Gasteiger partial charge in [0.1, 0.15) is 6.04 Å². The Bertz CT molecular complexity index is 493. The highest BCUT2D eigenvalue weighted by molar-refractivity contribution is 6.31. The number of aliphatic carboxylic acids is 1. The first-order valence-corrected chi connectivity index (χ1v) is 6.48. The molecule has 1 aromatic carbocycles. The van der Waals surface area contributed by atoms with Crippen molar-refractivity contribution in [2.24, 2.45) is 0 Å². The van der Waals surface area contributed by atoms with Crippen LogP contribution in [0.4, 0.5) is 4.79 Å². The van der Waals surface area contributed by atoms with Gasteiger partial charge >= 0.3 is 12.0 Å². The second-order valence-electron chi connectivity index (χ2n) is 4.44. The molecule has 1 unspecified atom stereocenters. The number of urea groups is 1. The first-order valence-electron chi connectivity index (χ1n) is 6.10. The largest absolute Gasteiger partial charge is 0.480 e. The molecule has 1 aliphatic rings. The number of halogens is 1. The van der Waals surface area contributed by atoms with Crippen molar-refractivity contribution in [1.29, 1.82) is 0 Å². The van der Waals surface area contributed by atoms with Gasteiger partial charge in [0, 0.05) is 18.1 Å². The number of hydrogen-bond acceptors (Lipinski definition) is 2. The van der Waals surface area contributed by atoms with Crippen LogP contribution in [-0.2, 0) is 11.3 Å². The van der Waals surface area contributed by atoms with Gasteiger partial charge in [-0.25, -0.2) is 9.59 Å². The predicted molar refractivity (Wildman–Crippen MR) is 71.1 cm³/mol. The highest BCUT2D eigenvalue weighted by Crippen LogP contribution is 2.18. The van der Waals surface area contributed by atoms with Crippen molar-refractivity contribution in [3.8, 4) is 0 Å². The van der Waals surface area contributed by atoms with Crippen molar-refractivity contribution < 1.29 is 14.7 Å². The minimum atomic E-state index is -0.953. The molecule has 2 amide bonds. The lowest BCUT2D eigenvalue weighted by Gasteiger charge is -2.21. The number of carbonyl (C=O) groups excluding carboxylic acids is 1. The fraction of sp³-hybridized carbons (Fsp3) is 0.385. The number of carboxylic acid groups (broad SMARTS) is 1. The Morgan fingerprint density at radius 2 is 2.16 bits per heavy atom. The molecule has 6 heteroatoms. The van der Waals surface area contributed by atoms with Crippen molar-refractivity contribution in [3.05, 3.63) is 34.9 Å². The first-order chi connectivity index (χ1) is 9.09. The molecule has 19 heavy (non-hydrogen) atoms. The molecule has 0 spiro atoms. The molecular formula is C13H15ClN2O3. The Morgan fingerprint density at radius 3 is 2.84 bits per heavy atom. The van der Waals surface area contributed by atoms with Crippen molar-refractivity contribution in [1.82, 2.24) is 10.2 Å². The van der Waals surface area contributed by atoms with Crippen LogP contribution in [-0.4, -0.2) is 34.6 Å². The molecule has 102 valence electrons. The van der Waals surface area contributed by atoms with E-state index in [0.717, 1.165) is 12.0 Å². The van der Waals surface area contributed by atoms with Crippen molar-refractivity contribution in [2.45, 2.75) is 25.4 Å². The lowest BCUT2D eigenvalue weighted by atomic mass is 10.2. The van der Waals surface area contributed by atoms with Crippen molar-refractivity contribution >= 4 is 23.6 Å². The smallest absolute Gasteiger partial charge is 0.326 e. The molecule has 0 aromatic heterocycles. The van der Waals surface area contributed by atoms with E-state index in [1.54, 1.807) is 6.07 Å². The monoisotopic (exact) mass is 282 g/mol. The average Bonchev–Trinajstić information content (AvgIpc) is 2.87. The van der Waals surface area contributed by atoms with Crippen LogP contribution in [0.15, 0.2) is 24.3 Å². The zero-order chi connectivity index (χ0) is 13.8. The van der Waals surface area contributed by atoms with E-state index in [2.05, 4.69) is 5.32 Å². The lowest BCUT2D eigenvalue weighted by Crippen LogP contribution is -2.45. The summed E-state index contributed by atoms with van der Waals surface area (Å²) in [4.78, 5) is 24.3. The van der Waals surface area contributed by atoms with Gasteiger partial charge in [-0.05, 0) is 24.5 Å². The van der Waals surface area contributed by atoms with E-state index in [4.69, 9.17) is 16.7 Å². The fourth-order valence-corrected chi connectivity index (χ4v) is 2.38. The quantitative estimate of drug-likeness (QED) is 0.892. The van der Waals surface area contributed by atoms with Gasteiger partial charge in [-0.1, -0.05) is 29.8 Å². The number of likely N-dealkylation sites (tertiary alicyclic amines) is 1. The van der Waals surface area contributed by atoms with Gasteiger partial charge in [-0.15, -0.1) is 0 Å². The number of carbonyl (C=O) groups is 2. The molecule has 1 heterocycles. The second kappa shape index (κ2) is 5.93. The van der Waals surface area contributed by atoms with Crippen LogP contribution in [0.25, 0.3) is 0 Å². The summed E-state index contributed by atoms with van der Waals surface area (Å²) in [7, 11) is 0. The van der Waals surface area contributed by atoms with Crippen LogP contribution < -0.4 is 5.32 Å². The van der Waals surface area contributed by atoms with E-state index in [9.17, 15) is 9.59 Å². The van der Waals surface area contributed by atoms with Gasteiger partial charge < -0.3 is 15.3 Å². The van der Waals surface area contributed by atoms with E-state index in [-0.39, 0.29) is 6.03 Å². The van der Waals surface area contributed by atoms with Crippen LogP contribution in [0, 0.1) is 0 Å². The summed E-state index contributed by atoms with van der Waals surface area (Å²) in [6, 6.07) is 6.15. The van der Waals surface area contributed by atoms with Gasteiger partial charge in [0.05, 0.1) is 0 Å². The zero-order valence-electron chi connectivity index (χ0n) is 10.3. The summed E-state index contributed by atoms with van der Waals surface area (Å²) in [5, 5.41) is 12.3. The van der Waals surface area contributed by atoms with Gasteiger partial charge in [0.25, 0.3) is 0 Å². The topological polar surface area (TPSA) is 69.6 Å². The molecule has 2 N–H and O–H groups in total. The molecule has 2 rings (SSSR count). The highest BCUT2D eigenvalue weighted by Gasteiger charge is 2.33. The Morgan fingerprint density at radius 1 is 1.42 bits per heavy atom. The molecule has 1 aromatic rings. The summed E-state index contributed by atoms with van der Waals surface area (Å²) in [5.41, 5.74) is 0.809. The molecule has 0 saturated carbocycles. The Balaban J connectivity index is 1.95. The van der Waals surface area contributed by atoms with E-state index in [0.29, 0.717) is 24.5 Å². The Kier molecular flexibility index (Phi) is 4.27. The van der Waals surface area contributed by atoms with Gasteiger partial charge in [-0.2, -0.15) is 0 Å². The Labute approximate surface area is 116 Å². The van der Waals surface area contributed by atoms with E-state index in [1.807, 2.05) is 18.2 Å². The number of carboxylic acids is 1. The molecule has 1 fully saturated rings. The lowest BCUT2D eigenvalue weighted by molar-refractivity contribution is -0.141. The summed E-state index contributed by atoms with van der Waals surface area (Å²) >= 11 is 5.99. The minimum absolute atomic E-state index is 0.293. The number of nitrogens with zero attached hydrogens (tertiary/aromatic N) is 1. The highest BCUT2D eigenvalue weighted by atomic mass is 35.5. The molecule has 0 bridgehead atoms. The molecule has 1 aliphatic heterocycles. The maximum absolute atomic E-state index is 12.0. The zero-order valence-corrected chi connectivity index (χ0v) is 11.1. The number of rotatable bonds is 3. The summed E-state index contributed by atoms with van der Waals surface area (Å²) in [6.45, 7) is 0.771. The third-order valence-electron chi connectivity index (χ3n) is 3.19. The number of hydrogen-bond donors (Lipinski definition) is 2. The average molecular weight is 283 g/mol. The molecule has 0 aliphatic carbocycles. The van der Waals surface area contributed by atoms with E-state index < -0.39 is 12.0 Å². The van der Waals surface area contributed by atoms with Gasteiger partial charge in [0.2, 0.25) is 0 Å². The van der Waals surface area contributed by atoms with Crippen LogP contribution >= 0.6 is 11.6 Å². The maximum Gasteiger partial charge on any atom is 0.326 e. The predicted octanol–water partition coefficient (Wildman–Crippen LogP) is 2.10. The van der Waals surface area contributed by atoms with Crippen LogP contribution in [0.1, 0.15) is 18.4 Å². The van der Waals surface area contributed by atoms with Gasteiger partial charge in [-0.3, -0.25) is 0 Å². The minimum Gasteiger partial charge on any atom is -0.480 e. The first kappa shape index (κ1) is 13.7. The molecule has 0 radical (unpaired) electrons. The maximum atomic E-state index is 12.0. The van der Waals surface area contributed by atoms with Crippen molar-refractivity contribution in [3.63, 3.8) is 0 Å². The molecule has 1 atom stereocenters. The van der Waals surface area contributed by atoms with Crippen LogP contribution in [0.5, 0.6) is 0 Å². The standard InChI is InChI=1S/C13H15ClN2O3/c14-10-5-2-1-4-9(10)8-15-13(19)16-7-3-6-11(16)12(17)18/h1-2,4-5,11H,3,6-8H2,(H,15,19)(H,17,18). The fourth-order valence-electron chi connectivity index (χ4n) is 2.18. The summed E-state index contributed by atoms with van der Waals surface area (Å²) in [6.07, 6.45) is 1.23. The number of amides is 2. The SMILES string of the molecule is O=C(O)C1CCCN1C(=O)NCc1ccccc1Cl. The molecular weight excluding hydrogens is 268 g/mol. The van der Waals surface area contributed by atoms with Gasteiger partial charge in [0.15, 0.2) is 0 Å². The third-order valence-corrected chi connectivity index (χ3v) is 3.56. The van der Waals surface area contributed by atoms with E-state index >= 15 is 0 Å². The summed E-state index contributed by atoms with van der Waals surface area (Å²) in [5.74, 6) is -0.953. The molecule has 1 saturated heterocycles. The normalized spacial score (nSPS) is 18.4. The van der Waals surface area contributed by atoms with Crippen LogP contribution in [0.3, 0.4) is 0 Å². The number of benzene rings is 1. The second-order valence-corrected chi connectivity index (χ2v) is 4.85.